The fraction of sp³-hybridized carbons (Fsp3) is 0.579. The van der Waals surface area contributed by atoms with Crippen molar-refractivity contribution in [2.75, 3.05) is 19.6 Å². The summed E-state index contributed by atoms with van der Waals surface area (Å²) in [6.07, 6.45) is 1.70. The van der Waals surface area contributed by atoms with E-state index in [4.69, 9.17) is 17.3 Å². The van der Waals surface area contributed by atoms with Gasteiger partial charge in [0.15, 0.2) is 0 Å². The molecule has 3 atom stereocenters. The van der Waals surface area contributed by atoms with Gasteiger partial charge < -0.3 is 16.0 Å². The number of hydrogen-bond acceptors (Lipinski definition) is 3. The number of carbonyl (C=O) groups is 2. The molecule has 1 fully saturated rings. The number of nitrogens with one attached hydrogen (secondary N) is 1. The summed E-state index contributed by atoms with van der Waals surface area (Å²) in [6, 6.07) is 6.13. The lowest BCUT2D eigenvalue weighted by Crippen LogP contribution is -2.51. The number of halogens is 1. The van der Waals surface area contributed by atoms with Crippen LogP contribution < -0.4 is 11.1 Å². The molecule has 1 aliphatic heterocycles. The van der Waals surface area contributed by atoms with Crippen LogP contribution in [0, 0.1) is 11.3 Å². The molecule has 1 aromatic carbocycles. The number of benzene rings is 1. The Morgan fingerprint density at radius 3 is 2.52 bits per heavy atom. The first-order chi connectivity index (χ1) is 11.8. The number of carbonyl (C=O) groups excluding carboxylic acids is 2. The molecule has 0 saturated carbocycles. The first-order valence-electron chi connectivity index (χ1n) is 8.85. The molecular weight excluding hydrogens is 338 g/mol. The van der Waals surface area contributed by atoms with Gasteiger partial charge >= 0.3 is 0 Å². The van der Waals surface area contributed by atoms with Gasteiger partial charge in [0.2, 0.25) is 5.91 Å². The molecule has 3 unspecified atom stereocenters. The summed E-state index contributed by atoms with van der Waals surface area (Å²) in [5.74, 6) is -0.224. The largest absolute Gasteiger partial charge is 0.340 e. The fourth-order valence-electron chi connectivity index (χ4n) is 3.08. The third-order valence-electron chi connectivity index (χ3n) is 5.23. The van der Waals surface area contributed by atoms with Gasteiger partial charge in [-0.1, -0.05) is 38.8 Å². The second-order valence-electron chi connectivity index (χ2n) is 7.37. The Bertz CT molecular complexity index is 620. The zero-order valence-corrected chi connectivity index (χ0v) is 16.0. The Hall–Kier alpha value is -1.59. The van der Waals surface area contributed by atoms with Crippen LogP contribution in [0.3, 0.4) is 0 Å². The molecule has 0 radical (unpaired) electrons. The van der Waals surface area contributed by atoms with Crippen LogP contribution in [-0.4, -0.2) is 42.4 Å². The van der Waals surface area contributed by atoms with E-state index >= 15 is 0 Å². The molecule has 0 spiro atoms. The summed E-state index contributed by atoms with van der Waals surface area (Å²) in [4.78, 5) is 27.4. The average Bonchev–Trinajstić information content (AvgIpc) is 3.02. The van der Waals surface area contributed by atoms with Gasteiger partial charge in [0.05, 0.1) is 0 Å². The zero-order chi connectivity index (χ0) is 18.6. The Kier molecular flexibility index (Phi) is 6.47. The van der Waals surface area contributed by atoms with Crippen molar-refractivity contribution in [3.63, 3.8) is 0 Å². The van der Waals surface area contributed by atoms with Crippen molar-refractivity contribution in [1.82, 2.24) is 10.2 Å². The molecule has 25 heavy (non-hydrogen) atoms. The highest BCUT2D eigenvalue weighted by molar-refractivity contribution is 6.30. The SMILES string of the molecule is CCC(C)C(NC(=O)c1ccc(Cl)cc1)C(=O)N1CCC(C)(CN)C1. The molecule has 3 N–H and O–H groups in total. The summed E-state index contributed by atoms with van der Waals surface area (Å²) < 4.78 is 0. The number of rotatable bonds is 6. The van der Waals surface area contributed by atoms with Crippen LogP contribution in [-0.2, 0) is 4.79 Å². The molecule has 1 aromatic rings. The molecule has 1 aliphatic rings. The maximum atomic E-state index is 13.0. The molecule has 1 heterocycles. The monoisotopic (exact) mass is 365 g/mol. The predicted octanol–water partition coefficient (Wildman–Crippen LogP) is 2.68. The van der Waals surface area contributed by atoms with Crippen molar-refractivity contribution >= 4 is 23.4 Å². The van der Waals surface area contributed by atoms with E-state index in [-0.39, 0.29) is 23.1 Å². The van der Waals surface area contributed by atoms with E-state index in [0.717, 1.165) is 12.8 Å². The third kappa shape index (κ3) is 4.73. The van der Waals surface area contributed by atoms with E-state index in [1.54, 1.807) is 24.3 Å². The lowest BCUT2D eigenvalue weighted by atomic mass is 9.90. The van der Waals surface area contributed by atoms with Crippen LogP contribution in [0.5, 0.6) is 0 Å². The summed E-state index contributed by atoms with van der Waals surface area (Å²) in [6.45, 7) is 8.01. The maximum Gasteiger partial charge on any atom is 0.251 e. The molecule has 0 bridgehead atoms. The maximum absolute atomic E-state index is 13.0. The number of likely N-dealkylation sites (tertiary alicyclic amines) is 1. The molecule has 0 aromatic heterocycles. The topological polar surface area (TPSA) is 75.4 Å². The summed E-state index contributed by atoms with van der Waals surface area (Å²) in [5.41, 5.74) is 6.31. The number of amides is 2. The van der Waals surface area contributed by atoms with Crippen molar-refractivity contribution in [3.8, 4) is 0 Å². The van der Waals surface area contributed by atoms with Crippen molar-refractivity contribution in [1.29, 1.82) is 0 Å². The van der Waals surface area contributed by atoms with Crippen LogP contribution in [0.25, 0.3) is 0 Å². The molecule has 0 aliphatic carbocycles. The lowest BCUT2D eigenvalue weighted by Gasteiger charge is -2.29. The molecule has 5 nitrogen and oxygen atoms in total. The van der Waals surface area contributed by atoms with Gasteiger partial charge in [-0.2, -0.15) is 0 Å². The van der Waals surface area contributed by atoms with Crippen LogP contribution in [0.1, 0.15) is 44.0 Å². The van der Waals surface area contributed by atoms with Gasteiger partial charge in [-0.3, -0.25) is 9.59 Å². The second kappa shape index (κ2) is 8.19. The molecule has 6 heteroatoms. The van der Waals surface area contributed by atoms with Crippen molar-refractivity contribution in [2.24, 2.45) is 17.1 Å². The summed E-state index contributed by atoms with van der Waals surface area (Å²) in [7, 11) is 0. The lowest BCUT2D eigenvalue weighted by molar-refractivity contribution is -0.133. The highest BCUT2D eigenvalue weighted by Crippen LogP contribution is 2.29. The molecule has 2 rings (SSSR count). The van der Waals surface area contributed by atoms with Gasteiger partial charge in [-0.05, 0) is 48.6 Å². The Morgan fingerprint density at radius 2 is 2.00 bits per heavy atom. The Labute approximate surface area is 154 Å². The van der Waals surface area contributed by atoms with E-state index in [0.29, 0.717) is 30.2 Å². The second-order valence-corrected chi connectivity index (χ2v) is 7.80. The molecule has 1 saturated heterocycles. The highest BCUT2D eigenvalue weighted by atomic mass is 35.5. The van der Waals surface area contributed by atoms with E-state index in [1.165, 1.54) is 0 Å². The van der Waals surface area contributed by atoms with Crippen molar-refractivity contribution in [2.45, 2.75) is 39.7 Å². The summed E-state index contributed by atoms with van der Waals surface area (Å²) >= 11 is 5.87. The average molecular weight is 366 g/mol. The van der Waals surface area contributed by atoms with Gasteiger partial charge in [-0.25, -0.2) is 0 Å². The molecule has 138 valence electrons. The first kappa shape index (κ1) is 19.7. The smallest absolute Gasteiger partial charge is 0.251 e. The van der Waals surface area contributed by atoms with E-state index in [1.807, 2.05) is 18.7 Å². The van der Waals surface area contributed by atoms with Gasteiger partial charge in [0, 0.05) is 23.7 Å². The van der Waals surface area contributed by atoms with E-state index < -0.39 is 6.04 Å². The third-order valence-corrected chi connectivity index (χ3v) is 5.49. The molecular formula is C19H28ClN3O2. The minimum absolute atomic E-state index is 0.0196. The number of nitrogens with two attached hydrogens (primary N) is 1. The minimum Gasteiger partial charge on any atom is -0.340 e. The normalized spacial score (nSPS) is 22.5. The quantitative estimate of drug-likeness (QED) is 0.813. The fourth-order valence-corrected chi connectivity index (χ4v) is 3.21. The van der Waals surface area contributed by atoms with Gasteiger partial charge in [-0.15, -0.1) is 0 Å². The van der Waals surface area contributed by atoms with E-state index in [9.17, 15) is 9.59 Å². The van der Waals surface area contributed by atoms with E-state index in [2.05, 4.69) is 12.2 Å². The summed E-state index contributed by atoms with van der Waals surface area (Å²) in [5, 5.41) is 3.49. The molecule has 2 amide bonds. The first-order valence-corrected chi connectivity index (χ1v) is 9.22. The minimum atomic E-state index is -0.534. The Balaban J connectivity index is 2.12. The Morgan fingerprint density at radius 1 is 1.36 bits per heavy atom. The van der Waals surface area contributed by atoms with Crippen molar-refractivity contribution < 1.29 is 9.59 Å². The van der Waals surface area contributed by atoms with Crippen LogP contribution >= 0.6 is 11.6 Å². The van der Waals surface area contributed by atoms with Crippen LogP contribution in [0.4, 0.5) is 0 Å². The standard InChI is InChI=1S/C19H28ClN3O2/c1-4-13(2)16(18(25)23-10-9-19(3,11-21)12-23)22-17(24)14-5-7-15(20)8-6-14/h5-8,13,16H,4,9-12,21H2,1-3H3,(H,22,24). The van der Waals surface area contributed by atoms with Crippen LogP contribution in [0.15, 0.2) is 24.3 Å². The number of hydrogen-bond donors (Lipinski definition) is 2. The predicted molar refractivity (Wildman–Crippen MR) is 101 cm³/mol. The number of nitrogens with zero attached hydrogens (tertiary/aromatic N) is 1. The van der Waals surface area contributed by atoms with Gasteiger partial charge in [0.1, 0.15) is 6.04 Å². The zero-order valence-electron chi connectivity index (χ0n) is 15.2. The highest BCUT2D eigenvalue weighted by Gasteiger charge is 2.38. The van der Waals surface area contributed by atoms with Gasteiger partial charge in [0.25, 0.3) is 5.91 Å². The van der Waals surface area contributed by atoms with Crippen LogP contribution in [0.2, 0.25) is 5.02 Å². The van der Waals surface area contributed by atoms with Crippen molar-refractivity contribution in [3.05, 3.63) is 34.9 Å².